The molecule has 4 nitrogen and oxygen atoms in total. The van der Waals surface area contributed by atoms with Crippen LogP contribution in [0.4, 0.5) is 0 Å². The van der Waals surface area contributed by atoms with E-state index in [4.69, 9.17) is 4.74 Å². The minimum atomic E-state index is -0.157. The highest BCUT2D eigenvalue weighted by molar-refractivity contribution is 9.10. The highest BCUT2D eigenvalue weighted by Gasteiger charge is 2.07. The molecule has 0 aliphatic rings. The summed E-state index contributed by atoms with van der Waals surface area (Å²) in [6.45, 7) is 4.53. The maximum absolute atomic E-state index is 11.5. The van der Waals surface area contributed by atoms with E-state index in [0.717, 1.165) is 4.47 Å². The summed E-state index contributed by atoms with van der Waals surface area (Å²) in [6.07, 6.45) is 0. The van der Waals surface area contributed by atoms with Crippen LogP contribution >= 0.6 is 15.9 Å². The fourth-order valence-electron chi connectivity index (χ4n) is 1.32. The van der Waals surface area contributed by atoms with E-state index in [1.807, 2.05) is 13.8 Å². The molecule has 0 aliphatic heterocycles. The second-order valence-electron chi connectivity index (χ2n) is 4.40. The Morgan fingerprint density at radius 3 is 2.83 bits per heavy atom. The van der Waals surface area contributed by atoms with E-state index in [1.54, 1.807) is 18.2 Å². The smallest absolute Gasteiger partial charge is 0.257 e. The molecule has 1 aromatic rings. The van der Waals surface area contributed by atoms with Gasteiger partial charge in [0.2, 0.25) is 0 Å². The van der Waals surface area contributed by atoms with Crippen LogP contribution in [-0.2, 0) is 11.4 Å². The van der Waals surface area contributed by atoms with Crippen LogP contribution in [0.2, 0.25) is 0 Å². The van der Waals surface area contributed by atoms with Crippen LogP contribution in [0.5, 0.6) is 5.75 Å². The minimum absolute atomic E-state index is 0.0403. The lowest BCUT2D eigenvalue weighted by Crippen LogP contribution is -2.31. The van der Waals surface area contributed by atoms with E-state index in [1.165, 1.54) is 0 Å². The normalized spacial score (nSPS) is 10.5. The number of rotatable bonds is 6. The van der Waals surface area contributed by atoms with E-state index in [0.29, 0.717) is 23.8 Å². The number of aliphatic hydroxyl groups excluding tert-OH is 1. The lowest BCUT2D eigenvalue weighted by Gasteiger charge is -2.11. The van der Waals surface area contributed by atoms with Gasteiger partial charge in [0.25, 0.3) is 5.91 Å². The summed E-state index contributed by atoms with van der Waals surface area (Å²) in [5.74, 6) is 0.783. The Kier molecular flexibility index (Phi) is 6.15. The van der Waals surface area contributed by atoms with Gasteiger partial charge in [0, 0.05) is 16.6 Å². The average Bonchev–Trinajstić information content (AvgIpc) is 2.34. The predicted octanol–water partition coefficient (Wildman–Crippen LogP) is 2.09. The molecule has 0 atom stereocenters. The number of halogens is 1. The number of hydrogen-bond donors (Lipinski definition) is 2. The molecule has 0 spiro atoms. The third kappa shape index (κ3) is 5.06. The lowest BCUT2D eigenvalue weighted by atomic mass is 10.2. The number of carbonyl (C=O) groups is 1. The van der Waals surface area contributed by atoms with Gasteiger partial charge in [-0.05, 0) is 24.1 Å². The maximum atomic E-state index is 11.5. The Morgan fingerprint density at radius 1 is 1.50 bits per heavy atom. The van der Waals surface area contributed by atoms with Crippen molar-refractivity contribution in [2.45, 2.75) is 20.5 Å². The van der Waals surface area contributed by atoms with Crippen LogP contribution < -0.4 is 10.1 Å². The number of amides is 1. The molecule has 0 saturated heterocycles. The van der Waals surface area contributed by atoms with Gasteiger partial charge in [-0.1, -0.05) is 29.8 Å². The van der Waals surface area contributed by atoms with E-state index >= 15 is 0 Å². The summed E-state index contributed by atoms with van der Waals surface area (Å²) in [7, 11) is 0. The predicted molar refractivity (Wildman–Crippen MR) is 73.4 cm³/mol. The third-order valence-electron chi connectivity index (χ3n) is 2.26. The van der Waals surface area contributed by atoms with E-state index in [9.17, 15) is 9.90 Å². The van der Waals surface area contributed by atoms with E-state index < -0.39 is 0 Å². The third-order valence-corrected chi connectivity index (χ3v) is 2.75. The number of aliphatic hydroxyl groups is 1. The first-order valence-corrected chi connectivity index (χ1v) is 6.61. The molecule has 1 aromatic carbocycles. The molecule has 0 heterocycles. The molecule has 1 amide bonds. The van der Waals surface area contributed by atoms with Crippen LogP contribution in [0, 0.1) is 5.92 Å². The molecule has 0 fully saturated rings. The zero-order chi connectivity index (χ0) is 13.5. The van der Waals surface area contributed by atoms with Crippen molar-refractivity contribution in [3.63, 3.8) is 0 Å². The quantitative estimate of drug-likeness (QED) is 0.845. The van der Waals surface area contributed by atoms with Crippen molar-refractivity contribution < 1.29 is 14.6 Å². The Balaban J connectivity index is 2.50. The first-order valence-electron chi connectivity index (χ1n) is 5.81. The number of nitrogens with one attached hydrogen (secondary N) is 1. The molecular weight excluding hydrogens is 298 g/mol. The van der Waals surface area contributed by atoms with E-state index in [-0.39, 0.29) is 19.1 Å². The monoisotopic (exact) mass is 315 g/mol. The fourth-order valence-corrected chi connectivity index (χ4v) is 1.73. The Hall–Kier alpha value is -1.07. The van der Waals surface area contributed by atoms with Gasteiger partial charge < -0.3 is 15.2 Å². The first kappa shape index (κ1) is 15.0. The molecule has 0 saturated carbocycles. The van der Waals surface area contributed by atoms with Gasteiger partial charge in [-0.15, -0.1) is 0 Å². The van der Waals surface area contributed by atoms with Gasteiger partial charge in [0.05, 0.1) is 6.61 Å². The summed E-state index contributed by atoms with van der Waals surface area (Å²) < 4.78 is 6.25. The summed E-state index contributed by atoms with van der Waals surface area (Å²) >= 11 is 3.31. The standard InChI is InChI=1S/C13H18BrNO3/c1-9(2)6-15-13(17)8-18-12-4-3-11(14)5-10(12)7-16/h3-5,9,16H,6-8H2,1-2H3,(H,15,17). The molecule has 18 heavy (non-hydrogen) atoms. The SMILES string of the molecule is CC(C)CNC(=O)COc1ccc(Br)cc1CO. The molecular formula is C13H18BrNO3. The van der Waals surface area contributed by atoms with Gasteiger partial charge in [-0.25, -0.2) is 0 Å². The topological polar surface area (TPSA) is 58.6 Å². The van der Waals surface area contributed by atoms with Crippen molar-refractivity contribution in [1.82, 2.24) is 5.32 Å². The highest BCUT2D eigenvalue weighted by atomic mass is 79.9. The molecule has 1 rings (SSSR count). The molecule has 0 aromatic heterocycles. The van der Waals surface area contributed by atoms with Crippen LogP contribution in [0.3, 0.4) is 0 Å². The van der Waals surface area contributed by atoms with Crippen molar-refractivity contribution in [2.24, 2.45) is 5.92 Å². The van der Waals surface area contributed by atoms with Crippen molar-refractivity contribution in [3.05, 3.63) is 28.2 Å². The van der Waals surface area contributed by atoms with Crippen LogP contribution in [-0.4, -0.2) is 24.2 Å². The lowest BCUT2D eigenvalue weighted by molar-refractivity contribution is -0.123. The van der Waals surface area contributed by atoms with E-state index in [2.05, 4.69) is 21.2 Å². The van der Waals surface area contributed by atoms with Gasteiger partial charge in [-0.2, -0.15) is 0 Å². The maximum Gasteiger partial charge on any atom is 0.257 e. The summed E-state index contributed by atoms with van der Waals surface area (Å²) in [4.78, 5) is 11.5. The fraction of sp³-hybridized carbons (Fsp3) is 0.462. The summed E-state index contributed by atoms with van der Waals surface area (Å²) in [5, 5.41) is 11.9. The zero-order valence-electron chi connectivity index (χ0n) is 10.6. The van der Waals surface area contributed by atoms with Crippen LogP contribution in [0.15, 0.2) is 22.7 Å². The second-order valence-corrected chi connectivity index (χ2v) is 5.31. The van der Waals surface area contributed by atoms with Crippen molar-refractivity contribution in [3.8, 4) is 5.75 Å². The average molecular weight is 316 g/mol. The Bertz CT molecular complexity index is 407. The molecule has 0 bridgehead atoms. The summed E-state index contributed by atoms with van der Waals surface area (Å²) in [5.41, 5.74) is 0.654. The van der Waals surface area contributed by atoms with Crippen molar-refractivity contribution in [2.75, 3.05) is 13.2 Å². The van der Waals surface area contributed by atoms with Gasteiger partial charge >= 0.3 is 0 Å². The molecule has 0 unspecified atom stereocenters. The largest absolute Gasteiger partial charge is 0.483 e. The van der Waals surface area contributed by atoms with Gasteiger partial charge in [-0.3, -0.25) is 4.79 Å². The molecule has 0 aliphatic carbocycles. The zero-order valence-corrected chi connectivity index (χ0v) is 12.2. The highest BCUT2D eigenvalue weighted by Crippen LogP contribution is 2.23. The summed E-state index contributed by atoms with van der Waals surface area (Å²) in [6, 6.07) is 5.30. The molecule has 5 heteroatoms. The first-order chi connectivity index (χ1) is 8.52. The Labute approximate surface area is 115 Å². The molecule has 2 N–H and O–H groups in total. The van der Waals surface area contributed by atoms with Gasteiger partial charge in [0.15, 0.2) is 6.61 Å². The Morgan fingerprint density at radius 2 is 2.22 bits per heavy atom. The van der Waals surface area contributed by atoms with Crippen molar-refractivity contribution in [1.29, 1.82) is 0 Å². The van der Waals surface area contributed by atoms with Crippen molar-refractivity contribution >= 4 is 21.8 Å². The second kappa shape index (κ2) is 7.38. The number of ether oxygens (including phenoxy) is 1. The number of carbonyl (C=O) groups excluding carboxylic acids is 1. The number of benzene rings is 1. The number of hydrogen-bond acceptors (Lipinski definition) is 3. The minimum Gasteiger partial charge on any atom is -0.483 e. The molecule has 0 radical (unpaired) electrons. The molecule has 100 valence electrons. The van der Waals surface area contributed by atoms with Crippen LogP contribution in [0.25, 0.3) is 0 Å². The van der Waals surface area contributed by atoms with Crippen LogP contribution in [0.1, 0.15) is 19.4 Å². The van der Waals surface area contributed by atoms with Gasteiger partial charge in [0.1, 0.15) is 5.75 Å².